The van der Waals surface area contributed by atoms with Gasteiger partial charge in [-0.1, -0.05) is 0 Å². The van der Waals surface area contributed by atoms with Crippen LogP contribution in [0.1, 0.15) is 32.1 Å². The lowest BCUT2D eigenvalue weighted by Gasteiger charge is -2.33. The van der Waals surface area contributed by atoms with Crippen molar-refractivity contribution in [2.45, 2.75) is 44.2 Å². The molecule has 1 saturated carbocycles. The van der Waals surface area contributed by atoms with Gasteiger partial charge in [-0.25, -0.2) is 4.39 Å². The molecule has 22 heavy (non-hydrogen) atoms. The number of amides is 1. The van der Waals surface area contributed by atoms with E-state index in [0.717, 1.165) is 45.2 Å². The van der Waals surface area contributed by atoms with Crippen molar-refractivity contribution in [3.63, 3.8) is 0 Å². The number of nitrogens with zero attached hydrogens (tertiary/aromatic N) is 1. The molecule has 2 N–H and O–H groups in total. The maximum absolute atomic E-state index is 12.9. The van der Waals surface area contributed by atoms with E-state index in [-0.39, 0.29) is 29.8 Å². The molecular formula is C17H23FN2O2. The van der Waals surface area contributed by atoms with Gasteiger partial charge in [-0.05, 0) is 43.5 Å². The molecular weight excluding hydrogens is 283 g/mol. The topological polar surface area (TPSA) is 55.6 Å². The highest BCUT2D eigenvalue weighted by Gasteiger charge is 2.33. The fraction of sp³-hybridized carbons (Fsp3) is 0.588. The molecule has 1 amide bonds. The Labute approximate surface area is 130 Å². The maximum Gasteiger partial charge on any atom is 0.225 e. The Bertz CT molecular complexity index is 512. The van der Waals surface area contributed by atoms with Gasteiger partial charge in [0.2, 0.25) is 5.91 Å². The number of hydrogen-bond acceptors (Lipinski definition) is 3. The van der Waals surface area contributed by atoms with Gasteiger partial charge in [-0.3, -0.25) is 4.79 Å². The summed E-state index contributed by atoms with van der Waals surface area (Å²) in [5, 5.41) is 0. The molecule has 120 valence electrons. The molecule has 1 aliphatic heterocycles. The van der Waals surface area contributed by atoms with Crippen molar-refractivity contribution in [2.75, 3.05) is 13.1 Å². The van der Waals surface area contributed by atoms with Crippen LogP contribution in [0.4, 0.5) is 4.39 Å². The first-order valence-corrected chi connectivity index (χ1v) is 8.08. The van der Waals surface area contributed by atoms with Crippen molar-refractivity contribution in [3.05, 3.63) is 30.1 Å². The van der Waals surface area contributed by atoms with Gasteiger partial charge in [0.25, 0.3) is 0 Å². The van der Waals surface area contributed by atoms with E-state index in [2.05, 4.69) is 0 Å². The van der Waals surface area contributed by atoms with Crippen LogP contribution in [0.2, 0.25) is 0 Å². The number of hydrogen-bond donors (Lipinski definition) is 1. The number of likely N-dealkylation sites (tertiary alicyclic amines) is 1. The Morgan fingerprint density at radius 2 is 1.82 bits per heavy atom. The third-order valence-corrected chi connectivity index (χ3v) is 4.69. The van der Waals surface area contributed by atoms with Crippen molar-refractivity contribution < 1.29 is 13.9 Å². The molecule has 3 rings (SSSR count). The number of benzene rings is 1. The summed E-state index contributed by atoms with van der Waals surface area (Å²) in [5.74, 6) is 0.799. The fourth-order valence-electron chi connectivity index (χ4n) is 3.40. The zero-order chi connectivity index (χ0) is 15.5. The van der Waals surface area contributed by atoms with Gasteiger partial charge in [0.15, 0.2) is 0 Å². The van der Waals surface area contributed by atoms with Crippen LogP contribution < -0.4 is 10.5 Å². The predicted octanol–water partition coefficient (Wildman–Crippen LogP) is 2.32. The molecule has 1 aromatic carbocycles. The lowest BCUT2D eigenvalue weighted by Crippen LogP contribution is -2.44. The smallest absolute Gasteiger partial charge is 0.225 e. The summed E-state index contributed by atoms with van der Waals surface area (Å²) in [6, 6.07) is 6.28. The highest BCUT2D eigenvalue weighted by atomic mass is 19.1. The van der Waals surface area contributed by atoms with Crippen molar-refractivity contribution >= 4 is 5.91 Å². The van der Waals surface area contributed by atoms with E-state index in [1.807, 2.05) is 4.90 Å². The summed E-state index contributed by atoms with van der Waals surface area (Å²) in [6.07, 6.45) is 4.45. The molecule has 2 aliphatic rings. The zero-order valence-electron chi connectivity index (χ0n) is 12.7. The van der Waals surface area contributed by atoms with Gasteiger partial charge in [0, 0.05) is 37.9 Å². The van der Waals surface area contributed by atoms with Crippen LogP contribution in [0.25, 0.3) is 0 Å². The Morgan fingerprint density at radius 1 is 1.14 bits per heavy atom. The minimum absolute atomic E-state index is 0.0975. The summed E-state index contributed by atoms with van der Waals surface area (Å²) in [5.41, 5.74) is 5.89. The summed E-state index contributed by atoms with van der Waals surface area (Å²) >= 11 is 0. The molecule has 1 aliphatic carbocycles. The molecule has 1 heterocycles. The largest absolute Gasteiger partial charge is 0.490 e. The van der Waals surface area contributed by atoms with Gasteiger partial charge in [0.05, 0.1) is 0 Å². The van der Waals surface area contributed by atoms with E-state index in [4.69, 9.17) is 10.5 Å². The molecule has 5 heteroatoms. The van der Waals surface area contributed by atoms with Crippen LogP contribution in [0, 0.1) is 11.7 Å². The second kappa shape index (κ2) is 6.65. The van der Waals surface area contributed by atoms with Gasteiger partial charge < -0.3 is 15.4 Å². The Kier molecular flexibility index (Phi) is 4.62. The Balaban J connectivity index is 1.48. The lowest BCUT2D eigenvalue weighted by atomic mass is 10.0. The van der Waals surface area contributed by atoms with Crippen molar-refractivity contribution in [1.82, 2.24) is 4.90 Å². The van der Waals surface area contributed by atoms with Crippen LogP contribution in [0.3, 0.4) is 0 Å². The molecule has 0 aromatic heterocycles. The lowest BCUT2D eigenvalue weighted by molar-refractivity contribution is -0.137. The van der Waals surface area contributed by atoms with E-state index >= 15 is 0 Å². The monoisotopic (exact) mass is 306 g/mol. The molecule has 2 fully saturated rings. The second-order valence-electron chi connectivity index (χ2n) is 6.37. The second-order valence-corrected chi connectivity index (χ2v) is 6.37. The molecule has 0 spiro atoms. The van der Waals surface area contributed by atoms with Crippen LogP contribution in [-0.4, -0.2) is 36.0 Å². The Morgan fingerprint density at radius 3 is 2.41 bits per heavy atom. The SMILES string of the molecule is NC1CCC(C(=O)N2CCC(Oc3ccc(F)cc3)CC2)C1. The summed E-state index contributed by atoms with van der Waals surface area (Å²) in [4.78, 5) is 14.4. The highest BCUT2D eigenvalue weighted by molar-refractivity contribution is 5.79. The first kappa shape index (κ1) is 15.3. The first-order chi connectivity index (χ1) is 10.6. The third kappa shape index (κ3) is 3.58. The summed E-state index contributed by atoms with van der Waals surface area (Å²) < 4.78 is 18.7. The van der Waals surface area contributed by atoms with Gasteiger partial charge in [-0.2, -0.15) is 0 Å². The van der Waals surface area contributed by atoms with Crippen LogP contribution in [0.15, 0.2) is 24.3 Å². The number of halogens is 1. The van der Waals surface area contributed by atoms with Crippen LogP contribution >= 0.6 is 0 Å². The summed E-state index contributed by atoms with van der Waals surface area (Å²) in [7, 11) is 0. The van der Waals surface area contributed by atoms with E-state index in [9.17, 15) is 9.18 Å². The quantitative estimate of drug-likeness (QED) is 0.932. The molecule has 2 unspecified atom stereocenters. The normalized spacial score (nSPS) is 26.2. The summed E-state index contributed by atoms with van der Waals surface area (Å²) in [6.45, 7) is 1.47. The number of rotatable bonds is 3. The number of carbonyl (C=O) groups is 1. The molecule has 4 nitrogen and oxygen atoms in total. The van der Waals surface area contributed by atoms with Crippen molar-refractivity contribution in [2.24, 2.45) is 11.7 Å². The fourth-order valence-corrected chi connectivity index (χ4v) is 3.40. The van der Waals surface area contributed by atoms with E-state index in [1.54, 1.807) is 12.1 Å². The minimum atomic E-state index is -0.262. The average Bonchev–Trinajstić information content (AvgIpc) is 2.96. The molecule has 0 radical (unpaired) electrons. The van der Waals surface area contributed by atoms with E-state index in [1.165, 1.54) is 12.1 Å². The standard InChI is InChI=1S/C17H23FN2O2/c18-13-2-5-15(6-3-13)22-16-7-9-20(10-8-16)17(21)12-1-4-14(19)11-12/h2-3,5-6,12,14,16H,1,4,7-11,19H2. The predicted molar refractivity (Wildman–Crippen MR) is 81.9 cm³/mol. The van der Waals surface area contributed by atoms with Gasteiger partial charge >= 0.3 is 0 Å². The van der Waals surface area contributed by atoms with E-state index < -0.39 is 0 Å². The van der Waals surface area contributed by atoms with Crippen molar-refractivity contribution in [3.8, 4) is 5.75 Å². The first-order valence-electron chi connectivity index (χ1n) is 8.08. The average molecular weight is 306 g/mol. The molecule has 2 atom stereocenters. The third-order valence-electron chi connectivity index (χ3n) is 4.69. The van der Waals surface area contributed by atoms with E-state index in [0.29, 0.717) is 5.75 Å². The van der Waals surface area contributed by atoms with Gasteiger partial charge in [-0.15, -0.1) is 0 Å². The number of piperidine rings is 1. The van der Waals surface area contributed by atoms with Crippen molar-refractivity contribution in [1.29, 1.82) is 0 Å². The van der Waals surface area contributed by atoms with Crippen LogP contribution in [0.5, 0.6) is 5.75 Å². The number of carbonyl (C=O) groups excluding carboxylic acids is 1. The molecule has 0 bridgehead atoms. The molecule has 1 aromatic rings. The highest BCUT2D eigenvalue weighted by Crippen LogP contribution is 2.28. The maximum atomic E-state index is 12.9. The number of ether oxygens (including phenoxy) is 1. The zero-order valence-corrected chi connectivity index (χ0v) is 12.7. The van der Waals surface area contributed by atoms with Crippen LogP contribution in [-0.2, 0) is 4.79 Å². The minimum Gasteiger partial charge on any atom is -0.490 e. The Hall–Kier alpha value is -1.62. The van der Waals surface area contributed by atoms with Gasteiger partial charge in [0.1, 0.15) is 17.7 Å². The molecule has 1 saturated heterocycles. The number of nitrogens with two attached hydrogens (primary N) is 1.